The number of nitrogens with zero attached hydrogens (tertiary/aromatic N) is 1. The van der Waals surface area contributed by atoms with Crippen LogP contribution in [0.5, 0.6) is 0 Å². The number of rotatable bonds is 8. The molecular weight excluding hydrogens is 282 g/mol. The molecule has 0 unspecified atom stereocenters. The minimum atomic E-state index is -0.488. The Bertz CT molecular complexity index is 495. The molecule has 1 aromatic rings. The van der Waals surface area contributed by atoms with Crippen LogP contribution in [0.25, 0.3) is 0 Å². The van der Waals surface area contributed by atoms with Gasteiger partial charge in [0, 0.05) is 6.54 Å². The maximum Gasteiger partial charge on any atom is 0.341 e. The van der Waals surface area contributed by atoms with Crippen molar-refractivity contribution in [3.63, 3.8) is 0 Å². The topological polar surface area (TPSA) is 55.8 Å². The summed E-state index contributed by atoms with van der Waals surface area (Å²) in [4.78, 5) is 25.5. The van der Waals surface area contributed by atoms with Gasteiger partial charge >= 0.3 is 11.9 Å². The number of carbonyl (C=O) groups excluding carboxylic acids is 2. The molecule has 0 N–H and O–H groups in total. The molecule has 0 radical (unpaired) electrons. The second-order valence-electron chi connectivity index (χ2n) is 5.33. The van der Waals surface area contributed by atoms with E-state index in [2.05, 4.69) is 18.7 Å². The highest BCUT2D eigenvalue weighted by Gasteiger charge is 2.12. The Balaban J connectivity index is 2.57. The van der Waals surface area contributed by atoms with E-state index in [0.29, 0.717) is 5.56 Å². The Morgan fingerprint density at radius 1 is 1.14 bits per heavy atom. The van der Waals surface area contributed by atoms with Gasteiger partial charge in [-0.1, -0.05) is 39.8 Å². The van der Waals surface area contributed by atoms with E-state index in [-0.39, 0.29) is 18.7 Å². The van der Waals surface area contributed by atoms with Crippen LogP contribution < -0.4 is 0 Å². The van der Waals surface area contributed by atoms with Gasteiger partial charge in [-0.2, -0.15) is 0 Å². The Morgan fingerprint density at radius 2 is 1.82 bits per heavy atom. The molecule has 1 aromatic carbocycles. The van der Waals surface area contributed by atoms with E-state index in [1.165, 1.54) is 0 Å². The van der Waals surface area contributed by atoms with Crippen molar-refractivity contribution >= 4 is 11.9 Å². The van der Waals surface area contributed by atoms with Crippen molar-refractivity contribution in [3.05, 3.63) is 35.4 Å². The zero-order chi connectivity index (χ0) is 16.5. The van der Waals surface area contributed by atoms with Crippen LogP contribution in [0.4, 0.5) is 0 Å². The molecule has 0 aliphatic heterocycles. The van der Waals surface area contributed by atoms with Gasteiger partial charge in [0.15, 0.2) is 0 Å². The first kappa shape index (κ1) is 18.2. The molecule has 122 valence electrons. The lowest BCUT2D eigenvalue weighted by Crippen LogP contribution is -2.22. The van der Waals surface area contributed by atoms with Gasteiger partial charge in [-0.3, -0.25) is 9.69 Å². The summed E-state index contributed by atoms with van der Waals surface area (Å²) in [6.07, 6.45) is 0. The number of hydrogen-bond acceptors (Lipinski definition) is 5. The highest BCUT2D eigenvalue weighted by molar-refractivity contribution is 5.89. The van der Waals surface area contributed by atoms with Gasteiger partial charge in [-0.25, -0.2) is 4.79 Å². The summed E-state index contributed by atoms with van der Waals surface area (Å²) in [6, 6.07) is 7.31. The maximum atomic E-state index is 11.9. The molecule has 0 amide bonds. The summed E-state index contributed by atoms with van der Waals surface area (Å²) in [5.41, 5.74) is 1.52. The lowest BCUT2D eigenvalue weighted by molar-refractivity contribution is -0.155. The van der Waals surface area contributed by atoms with Gasteiger partial charge in [0.2, 0.25) is 6.79 Å². The Hall–Kier alpha value is -1.88. The van der Waals surface area contributed by atoms with E-state index in [4.69, 9.17) is 9.47 Å². The average molecular weight is 307 g/mol. The first-order valence-electron chi connectivity index (χ1n) is 7.63. The monoisotopic (exact) mass is 307 g/mol. The minimum Gasteiger partial charge on any atom is -0.428 e. The molecule has 0 aliphatic carbocycles. The van der Waals surface area contributed by atoms with E-state index in [0.717, 1.165) is 25.2 Å². The van der Waals surface area contributed by atoms with Crippen molar-refractivity contribution in [3.8, 4) is 0 Å². The lowest BCUT2D eigenvalue weighted by Gasteiger charge is -2.18. The van der Waals surface area contributed by atoms with Crippen molar-refractivity contribution in [1.29, 1.82) is 0 Å². The lowest BCUT2D eigenvalue weighted by atomic mass is 10.1. The molecule has 0 atom stereocenters. The van der Waals surface area contributed by atoms with Crippen LogP contribution in [0.15, 0.2) is 24.3 Å². The summed E-state index contributed by atoms with van der Waals surface area (Å²) in [7, 11) is 0. The van der Waals surface area contributed by atoms with Crippen LogP contribution in [-0.2, 0) is 20.8 Å². The third kappa shape index (κ3) is 5.85. The predicted octanol–water partition coefficient (Wildman–Crippen LogP) is 2.84. The molecule has 0 bridgehead atoms. The molecule has 0 saturated heterocycles. The smallest absolute Gasteiger partial charge is 0.341 e. The second-order valence-corrected chi connectivity index (χ2v) is 5.33. The van der Waals surface area contributed by atoms with Crippen molar-refractivity contribution in [2.75, 3.05) is 19.9 Å². The molecule has 0 heterocycles. The number of benzene rings is 1. The number of carbonyl (C=O) groups is 2. The molecule has 22 heavy (non-hydrogen) atoms. The number of hydrogen-bond donors (Lipinski definition) is 0. The fraction of sp³-hybridized carbons (Fsp3) is 0.529. The normalized spacial score (nSPS) is 10.8. The Morgan fingerprint density at radius 3 is 2.41 bits per heavy atom. The zero-order valence-electron chi connectivity index (χ0n) is 13.8. The summed E-state index contributed by atoms with van der Waals surface area (Å²) in [5.74, 6) is -1.11. The van der Waals surface area contributed by atoms with E-state index in [1.807, 2.05) is 18.2 Å². The summed E-state index contributed by atoms with van der Waals surface area (Å²) in [6.45, 7) is 10.00. The molecule has 5 heteroatoms. The third-order valence-corrected chi connectivity index (χ3v) is 3.33. The van der Waals surface area contributed by atoms with E-state index in [1.54, 1.807) is 19.9 Å². The molecule has 5 nitrogen and oxygen atoms in total. The van der Waals surface area contributed by atoms with Crippen LogP contribution in [0, 0.1) is 5.92 Å². The zero-order valence-corrected chi connectivity index (χ0v) is 13.8. The second kappa shape index (κ2) is 9.20. The highest BCUT2D eigenvalue weighted by atomic mass is 16.7. The van der Waals surface area contributed by atoms with Gasteiger partial charge in [0.05, 0.1) is 11.5 Å². The third-order valence-electron chi connectivity index (χ3n) is 3.33. The molecule has 0 saturated carbocycles. The quantitative estimate of drug-likeness (QED) is 0.546. The van der Waals surface area contributed by atoms with Crippen LogP contribution in [0.3, 0.4) is 0 Å². The van der Waals surface area contributed by atoms with Crippen molar-refractivity contribution < 1.29 is 19.1 Å². The first-order chi connectivity index (χ1) is 10.5. The van der Waals surface area contributed by atoms with Crippen molar-refractivity contribution in [2.24, 2.45) is 5.92 Å². The van der Waals surface area contributed by atoms with Gasteiger partial charge < -0.3 is 9.47 Å². The summed E-state index contributed by atoms with van der Waals surface area (Å²) >= 11 is 0. The Labute approximate surface area is 132 Å². The maximum absolute atomic E-state index is 11.9. The van der Waals surface area contributed by atoms with E-state index in [9.17, 15) is 9.59 Å². The van der Waals surface area contributed by atoms with Crippen LogP contribution >= 0.6 is 0 Å². The Kier molecular flexibility index (Phi) is 7.60. The SMILES string of the molecule is CCN(CC)Cc1cccc(C(=O)OCOC(=O)C(C)C)c1. The van der Waals surface area contributed by atoms with E-state index < -0.39 is 5.97 Å². The van der Waals surface area contributed by atoms with Crippen molar-refractivity contribution in [1.82, 2.24) is 4.90 Å². The highest BCUT2D eigenvalue weighted by Crippen LogP contribution is 2.10. The summed E-state index contributed by atoms with van der Waals surface area (Å²) in [5, 5.41) is 0. The number of esters is 2. The fourth-order valence-electron chi connectivity index (χ4n) is 1.89. The minimum absolute atomic E-state index is 0.240. The van der Waals surface area contributed by atoms with Gasteiger partial charge in [-0.05, 0) is 30.8 Å². The average Bonchev–Trinajstić information content (AvgIpc) is 2.52. The molecule has 0 spiro atoms. The molecule has 0 aliphatic rings. The van der Waals surface area contributed by atoms with Crippen LogP contribution in [0.1, 0.15) is 43.6 Å². The largest absolute Gasteiger partial charge is 0.428 e. The van der Waals surface area contributed by atoms with Crippen LogP contribution in [0.2, 0.25) is 0 Å². The van der Waals surface area contributed by atoms with E-state index >= 15 is 0 Å². The fourth-order valence-corrected chi connectivity index (χ4v) is 1.89. The van der Waals surface area contributed by atoms with Crippen molar-refractivity contribution in [2.45, 2.75) is 34.2 Å². The van der Waals surface area contributed by atoms with Gasteiger partial charge in [0.25, 0.3) is 0 Å². The summed E-state index contributed by atoms with van der Waals surface area (Å²) < 4.78 is 9.80. The molecule has 0 aromatic heterocycles. The molecular formula is C17H25NO4. The standard InChI is InChI=1S/C17H25NO4/c1-5-18(6-2)11-14-8-7-9-15(10-14)17(20)22-12-21-16(19)13(3)4/h7-10,13H,5-6,11-12H2,1-4H3. The van der Waals surface area contributed by atoms with Crippen LogP contribution in [-0.4, -0.2) is 36.7 Å². The molecule has 0 fully saturated rings. The molecule has 1 rings (SSSR count). The predicted molar refractivity (Wildman–Crippen MR) is 84.3 cm³/mol. The van der Waals surface area contributed by atoms with Gasteiger partial charge in [-0.15, -0.1) is 0 Å². The first-order valence-corrected chi connectivity index (χ1v) is 7.63. The number of ether oxygens (including phenoxy) is 2. The van der Waals surface area contributed by atoms with Gasteiger partial charge in [0.1, 0.15) is 0 Å².